The van der Waals surface area contributed by atoms with E-state index in [1.165, 1.54) is 0 Å². The van der Waals surface area contributed by atoms with Gasteiger partial charge < -0.3 is 19.5 Å². The van der Waals surface area contributed by atoms with Gasteiger partial charge in [-0.15, -0.1) is 0 Å². The van der Waals surface area contributed by atoms with Crippen LogP contribution in [0.5, 0.6) is 17.2 Å². The Bertz CT molecular complexity index is 1360. The summed E-state index contributed by atoms with van der Waals surface area (Å²) in [6.45, 7) is 3.01. The smallest absolute Gasteiger partial charge is 0.251 e. The van der Waals surface area contributed by atoms with Gasteiger partial charge in [0, 0.05) is 34.1 Å². The van der Waals surface area contributed by atoms with Crippen molar-refractivity contribution in [2.24, 2.45) is 0 Å². The van der Waals surface area contributed by atoms with Crippen LogP contribution in [0.25, 0.3) is 22.2 Å². The maximum Gasteiger partial charge on any atom is 0.251 e. The summed E-state index contributed by atoms with van der Waals surface area (Å²) in [5.41, 5.74) is 3.85. The molecule has 5 rings (SSSR count). The highest BCUT2D eigenvalue weighted by molar-refractivity contribution is 6.30. The molecule has 0 unspecified atom stereocenters. The molecule has 0 atom stereocenters. The fourth-order valence-corrected chi connectivity index (χ4v) is 3.93. The number of fused-ring (bicyclic) bond motifs is 2. The predicted molar refractivity (Wildman–Crippen MR) is 127 cm³/mol. The lowest BCUT2D eigenvalue weighted by atomic mass is 10.1. The van der Waals surface area contributed by atoms with Crippen molar-refractivity contribution in [1.29, 1.82) is 0 Å². The number of amides is 1. The van der Waals surface area contributed by atoms with Crippen LogP contribution in [0.4, 0.5) is 0 Å². The number of pyridine rings is 1. The minimum atomic E-state index is -0.184. The topological polar surface area (TPSA) is 69.7 Å². The minimum absolute atomic E-state index is 0.184. The Balaban J connectivity index is 1.41. The standard InChI is InChI=1S/C26H21ClN2O4/c1-2-31-24-13-22(17-4-3-5-19(27)11-17)29-21-8-7-18(12-20(21)24)26(30)28-14-16-6-9-23-25(10-16)33-15-32-23/h3-13H,2,14-15H2,1H3,(H,28,30). The van der Waals surface area contributed by atoms with Crippen molar-refractivity contribution in [2.75, 3.05) is 13.4 Å². The summed E-state index contributed by atoms with van der Waals surface area (Å²) >= 11 is 6.15. The Labute approximate surface area is 196 Å². The zero-order valence-electron chi connectivity index (χ0n) is 17.9. The number of carbonyl (C=O) groups excluding carboxylic acids is 1. The van der Waals surface area contributed by atoms with Crippen molar-refractivity contribution in [3.8, 4) is 28.5 Å². The predicted octanol–water partition coefficient (Wildman–Crippen LogP) is 5.61. The molecule has 0 saturated carbocycles. The Morgan fingerprint density at radius 3 is 2.79 bits per heavy atom. The van der Waals surface area contributed by atoms with Gasteiger partial charge in [0.1, 0.15) is 5.75 Å². The van der Waals surface area contributed by atoms with Gasteiger partial charge >= 0.3 is 0 Å². The van der Waals surface area contributed by atoms with Gasteiger partial charge in [-0.2, -0.15) is 0 Å². The molecule has 1 amide bonds. The first-order chi connectivity index (χ1) is 16.1. The van der Waals surface area contributed by atoms with Crippen molar-refractivity contribution in [3.63, 3.8) is 0 Å². The second-order valence-electron chi connectivity index (χ2n) is 7.55. The van der Waals surface area contributed by atoms with Gasteiger partial charge in [0.2, 0.25) is 6.79 Å². The molecular formula is C26H21ClN2O4. The molecule has 0 bridgehead atoms. The van der Waals surface area contributed by atoms with Crippen LogP contribution >= 0.6 is 11.6 Å². The highest BCUT2D eigenvalue weighted by Gasteiger charge is 2.15. The van der Waals surface area contributed by atoms with Crippen LogP contribution in [-0.2, 0) is 6.54 Å². The van der Waals surface area contributed by atoms with Crippen LogP contribution in [0.3, 0.4) is 0 Å². The molecule has 1 aliphatic rings. The molecule has 166 valence electrons. The van der Waals surface area contributed by atoms with Gasteiger partial charge in [-0.05, 0) is 55.0 Å². The molecule has 33 heavy (non-hydrogen) atoms. The maximum absolute atomic E-state index is 12.8. The van der Waals surface area contributed by atoms with Crippen LogP contribution < -0.4 is 19.5 Å². The van der Waals surface area contributed by atoms with E-state index in [1.807, 2.05) is 67.6 Å². The largest absolute Gasteiger partial charge is 0.493 e. The molecule has 1 aliphatic heterocycles. The number of hydrogen-bond donors (Lipinski definition) is 1. The van der Waals surface area contributed by atoms with Crippen LogP contribution in [-0.4, -0.2) is 24.3 Å². The second-order valence-corrected chi connectivity index (χ2v) is 7.99. The summed E-state index contributed by atoms with van der Waals surface area (Å²) in [4.78, 5) is 17.6. The number of hydrogen-bond acceptors (Lipinski definition) is 5. The molecule has 0 spiro atoms. The third-order valence-electron chi connectivity index (χ3n) is 5.34. The average molecular weight is 461 g/mol. The molecule has 4 aromatic rings. The maximum atomic E-state index is 12.8. The summed E-state index contributed by atoms with van der Waals surface area (Å²) in [7, 11) is 0. The zero-order valence-corrected chi connectivity index (χ0v) is 18.7. The third-order valence-corrected chi connectivity index (χ3v) is 5.58. The monoisotopic (exact) mass is 460 g/mol. The number of benzene rings is 3. The lowest BCUT2D eigenvalue weighted by Gasteiger charge is -2.12. The molecule has 0 radical (unpaired) electrons. The van der Waals surface area contributed by atoms with Gasteiger partial charge in [0.05, 0.1) is 17.8 Å². The van der Waals surface area contributed by atoms with E-state index in [9.17, 15) is 4.79 Å². The normalized spacial score (nSPS) is 12.1. The summed E-state index contributed by atoms with van der Waals surface area (Å²) in [6, 6.07) is 20.4. The Morgan fingerprint density at radius 2 is 1.94 bits per heavy atom. The lowest BCUT2D eigenvalue weighted by Crippen LogP contribution is -2.22. The Morgan fingerprint density at radius 1 is 1.06 bits per heavy atom. The third kappa shape index (κ3) is 4.43. The zero-order chi connectivity index (χ0) is 22.8. The number of nitrogens with zero attached hydrogens (tertiary/aromatic N) is 1. The average Bonchev–Trinajstić information content (AvgIpc) is 3.30. The quantitative estimate of drug-likeness (QED) is 0.405. The number of aromatic nitrogens is 1. The van der Waals surface area contributed by atoms with E-state index in [-0.39, 0.29) is 12.7 Å². The molecule has 3 aromatic carbocycles. The van der Waals surface area contributed by atoms with Crippen LogP contribution in [0.15, 0.2) is 66.7 Å². The van der Waals surface area contributed by atoms with Crippen molar-refractivity contribution < 1.29 is 19.0 Å². The van der Waals surface area contributed by atoms with Crippen LogP contribution in [0.1, 0.15) is 22.8 Å². The first-order valence-corrected chi connectivity index (χ1v) is 11.0. The molecule has 1 N–H and O–H groups in total. The number of rotatable bonds is 6. The second kappa shape index (κ2) is 9.00. The van der Waals surface area contributed by atoms with E-state index in [1.54, 1.807) is 6.07 Å². The van der Waals surface area contributed by atoms with E-state index < -0.39 is 0 Å². The molecule has 6 nitrogen and oxygen atoms in total. The van der Waals surface area contributed by atoms with E-state index in [0.717, 1.165) is 27.7 Å². The molecule has 2 heterocycles. The Hall–Kier alpha value is -3.77. The number of nitrogens with one attached hydrogen (secondary N) is 1. The van der Waals surface area contributed by atoms with Crippen LogP contribution in [0.2, 0.25) is 5.02 Å². The lowest BCUT2D eigenvalue weighted by molar-refractivity contribution is 0.0951. The van der Waals surface area contributed by atoms with E-state index >= 15 is 0 Å². The number of halogens is 1. The fraction of sp³-hybridized carbons (Fsp3) is 0.154. The first-order valence-electron chi connectivity index (χ1n) is 10.6. The molecule has 0 aliphatic carbocycles. The van der Waals surface area contributed by atoms with E-state index in [2.05, 4.69) is 5.32 Å². The molecule has 1 aromatic heterocycles. The van der Waals surface area contributed by atoms with Crippen molar-refractivity contribution in [1.82, 2.24) is 10.3 Å². The fourth-order valence-electron chi connectivity index (χ4n) is 3.74. The molecule has 0 saturated heterocycles. The van der Waals surface area contributed by atoms with Gasteiger partial charge in [-0.3, -0.25) is 4.79 Å². The summed E-state index contributed by atoms with van der Waals surface area (Å²) in [5.74, 6) is 1.89. The van der Waals surface area contributed by atoms with Gasteiger partial charge in [-0.1, -0.05) is 29.8 Å². The number of carbonyl (C=O) groups is 1. The van der Waals surface area contributed by atoms with Crippen molar-refractivity contribution in [3.05, 3.63) is 82.9 Å². The molecule has 0 fully saturated rings. The first kappa shape index (κ1) is 21.1. The van der Waals surface area contributed by atoms with Crippen LogP contribution in [0, 0.1) is 0 Å². The highest BCUT2D eigenvalue weighted by Crippen LogP contribution is 2.33. The summed E-state index contributed by atoms with van der Waals surface area (Å²) < 4.78 is 16.6. The van der Waals surface area contributed by atoms with Crippen molar-refractivity contribution in [2.45, 2.75) is 13.5 Å². The van der Waals surface area contributed by atoms with E-state index in [0.29, 0.717) is 41.0 Å². The van der Waals surface area contributed by atoms with Gasteiger partial charge in [0.15, 0.2) is 11.5 Å². The summed E-state index contributed by atoms with van der Waals surface area (Å²) in [6.07, 6.45) is 0. The SMILES string of the molecule is CCOc1cc(-c2cccc(Cl)c2)nc2ccc(C(=O)NCc3ccc4c(c3)OCO4)cc12. The van der Waals surface area contributed by atoms with Crippen molar-refractivity contribution >= 4 is 28.4 Å². The van der Waals surface area contributed by atoms with E-state index in [4.69, 9.17) is 30.8 Å². The minimum Gasteiger partial charge on any atom is -0.493 e. The Kier molecular flexibility index (Phi) is 5.75. The summed E-state index contributed by atoms with van der Waals surface area (Å²) in [5, 5.41) is 4.37. The highest BCUT2D eigenvalue weighted by atomic mass is 35.5. The molecule has 7 heteroatoms. The molecular weight excluding hydrogens is 440 g/mol. The number of ether oxygens (including phenoxy) is 3. The van der Waals surface area contributed by atoms with Gasteiger partial charge in [0.25, 0.3) is 5.91 Å². The van der Waals surface area contributed by atoms with Gasteiger partial charge in [-0.25, -0.2) is 4.98 Å².